The van der Waals surface area contributed by atoms with E-state index in [0.29, 0.717) is 0 Å². The second kappa shape index (κ2) is 13.9. The first-order valence-electron chi connectivity index (χ1n) is 21.8. The highest BCUT2D eigenvalue weighted by molar-refractivity contribution is 7.25. The average Bonchev–Trinajstić information content (AvgIpc) is 4.05. The van der Waals surface area contributed by atoms with E-state index in [0.717, 1.165) is 11.4 Å². The summed E-state index contributed by atoms with van der Waals surface area (Å²) >= 11 is 1.87. The van der Waals surface area contributed by atoms with Crippen molar-refractivity contribution >= 4 is 86.7 Å². The molecule has 3 heteroatoms. The molecule has 0 bridgehead atoms. The molecule has 0 unspecified atom stereocenters. The van der Waals surface area contributed by atoms with Crippen LogP contribution in [0.15, 0.2) is 194 Å². The van der Waals surface area contributed by atoms with Crippen molar-refractivity contribution in [1.29, 1.82) is 0 Å². The van der Waals surface area contributed by atoms with Crippen molar-refractivity contribution in [1.82, 2.24) is 4.40 Å². The Balaban J connectivity index is 0.00000202. The molecule has 2 nitrogen and oxygen atoms in total. The molecule has 1 aliphatic carbocycles. The SMILES string of the molecule is CC.CC1(C)c2ccccc2-c2ccc(-c3ccc(N(c4ccc(-c5ccc6sc7ccccc7c6c5)cc4)c4ccc5c6ccccc6n6c7ccccc7c4c56)cc3)cc21. The lowest BCUT2D eigenvalue weighted by atomic mass is 9.81. The Morgan fingerprint density at radius 3 is 1.71 bits per heavy atom. The zero-order chi connectivity index (χ0) is 41.7. The highest BCUT2D eigenvalue weighted by Crippen LogP contribution is 2.51. The number of rotatable bonds is 5. The van der Waals surface area contributed by atoms with Crippen LogP contribution < -0.4 is 4.90 Å². The minimum atomic E-state index is -0.0475. The third-order valence-corrected chi connectivity index (χ3v) is 14.5. The van der Waals surface area contributed by atoms with Crippen molar-refractivity contribution in [2.75, 3.05) is 4.90 Å². The van der Waals surface area contributed by atoms with E-state index < -0.39 is 0 Å². The zero-order valence-corrected chi connectivity index (χ0v) is 36.1. The van der Waals surface area contributed by atoms with Crippen LogP contribution in [-0.2, 0) is 5.41 Å². The molecule has 12 aromatic rings. The maximum atomic E-state index is 2.47. The van der Waals surface area contributed by atoms with Gasteiger partial charge in [0.05, 0.1) is 22.2 Å². The average molecular weight is 813 g/mol. The lowest BCUT2D eigenvalue weighted by Gasteiger charge is -2.27. The van der Waals surface area contributed by atoms with Crippen molar-refractivity contribution in [3.63, 3.8) is 0 Å². The molecule has 0 spiro atoms. The molecule has 62 heavy (non-hydrogen) atoms. The lowest BCUT2D eigenvalue weighted by molar-refractivity contribution is 0.660. The maximum Gasteiger partial charge on any atom is 0.0641 e. The first-order chi connectivity index (χ1) is 30.5. The van der Waals surface area contributed by atoms with E-state index in [1.54, 1.807) is 0 Å². The smallest absolute Gasteiger partial charge is 0.0641 e. The van der Waals surface area contributed by atoms with Crippen LogP contribution in [0.1, 0.15) is 38.8 Å². The molecule has 0 saturated carbocycles. The number of nitrogens with zero attached hydrogens (tertiary/aromatic N) is 2. The molecule has 0 N–H and O–H groups in total. The molecule has 0 aliphatic heterocycles. The Bertz CT molecular complexity index is 3680. The molecule has 0 radical (unpaired) electrons. The van der Waals surface area contributed by atoms with Gasteiger partial charge in [0.1, 0.15) is 0 Å². The van der Waals surface area contributed by atoms with Gasteiger partial charge < -0.3 is 9.30 Å². The Kier molecular flexibility index (Phi) is 8.23. The van der Waals surface area contributed by atoms with E-state index in [4.69, 9.17) is 0 Å². The van der Waals surface area contributed by atoms with Crippen molar-refractivity contribution in [2.24, 2.45) is 0 Å². The molecule has 0 saturated heterocycles. The first kappa shape index (κ1) is 36.6. The topological polar surface area (TPSA) is 7.65 Å². The van der Waals surface area contributed by atoms with E-state index in [2.05, 4.69) is 217 Å². The van der Waals surface area contributed by atoms with Crippen molar-refractivity contribution in [3.05, 3.63) is 205 Å². The highest BCUT2D eigenvalue weighted by atomic mass is 32.1. The molecule has 1 aliphatic rings. The molecule has 296 valence electrons. The number of hydrogen-bond acceptors (Lipinski definition) is 2. The third kappa shape index (κ3) is 5.28. The molecule has 3 aromatic heterocycles. The van der Waals surface area contributed by atoms with Gasteiger partial charge in [0.2, 0.25) is 0 Å². The number of benzene rings is 9. The number of hydrogen-bond donors (Lipinski definition) is 0. The van der Waals surface area contributed by atoms with Crippen LogP contribution in [0.4, 0.5) is 17.1 Å². The van der Waals surface area contributed by atoms with Gasteiger partial charge in [-0.3, -0.25) is 0 Å². The van der Waals surface area contributed by atoms with Crippen molar-refractivity contribution < 1.29 is 0 Å². The van der Waals surface area contributed by atoms with E-state index >= 15 is 0 Å². The van der Waals surface area contributed by atoms with Crippen LogP contribution >= 0.6 is 11.3 Å². The third-order valence-electron chi connectivity index (χ3n) is 13.3. The molecule has 0 amide bonds. The van der Waals surface area contributed by atoms with Crippen LogP contribution in [0, 0.1) is 0 Å². The number of fused-ring (bicyclic) bond motifs is 12. The first-order valence-corrected chi connectivity index (χ1v) is 22.7. The van der Waals surface area contributed by atoms with Crippen molar-refractivity contribution in [2.45, 2.75) is 33.1 Å². The van der Waals surface area contributed by atoms with Gasteiger partial charge in [0.25, 0.3) is 0 Å². The predicted molar refractivity (Wildman–Crippen MR) is 268 cm³/mol. The molecule has 13 rings (SSSR count). The fraction of sp³-hybridized carbons (Fsp3) is 0.0847. The Morgan fingerprint density at radius 2 is 0.968 bits per heavy atom. The molecule has 0 atom stereocenters. The maximum absolute atomic E-state index is 2.47. The van der Waals surface area contributed by atoms with Crippen LogP contribution in [0.3, 0.4) is 0 Å². The van der Waals surface area contributed by atoms with Gasteiger partial charge in [0.15, 0.2) is 0 Å². The molecule has 0 fully saturated rings. The fourth-order valence-electron chi connectivity index (χ4n) is 10.5. The largest absolute Gasteiger partial charge is 0.310 e. The molecule has 9 aromatic carbocycles. The summed E-state index contributed by atoms with van der Waals surface area (Å²) in [5, 5.41) is 7.74. The Morgan fingerprint density at radius 1 is 0.419 bits per heavy atom. The van der Waals surface area contributed by atoms with Gasteiger partial charge in [-0.25, -0.2) is 0 Å². The highest BCUT2D eigenvalue weighted by Gasteiger charge is 2.35. The van der Waals surface area contributed by atoms with Crippen LogP contribution in [0.25, 0.3) is 91.6 Å². The van der Waals surface area contributed by atoms with E-state index in [1.807, 2.05) is 25.2 Å². The summed E-state index contributed by atoms with van der Waals surface area (Å²) in [6.45, 7) is 8.71. The minimum absolute atomic E-state index is 0.0475. The summed E-state index contributed by atoms with van der Waals surface area (Å²) in [5.74, 6) is 0. The lowest BCUT2D eigenvalue weighted by Crippen LogP contribution is -2.14. The second-order valence-electron chi connectivity index (χ2n) is 16.9. The van der Waals surface area contributed by atoms with Gasteiger partial charge >= 0.3 is 0 Å². The molecular formula is C59H44N2S. The molecule has 3 heterocycles. The van der Waals surface area contributed by atoms with E-state index in [9.17, 15) is 0 Å². The minimum Gasteiger partial charge on any atom is -0.310 e. The summed E-state index contributed by atoms with van der Waals surface area (Å²) in [7, 11) is 0. The van der Waals surface area contributed by atoms with E-state index in [-0.39, 0.29) is 5.41 Å². The van der Waals surface area contributed by atoms with Crippen LogP contribution in [0.2, 0.25) is 0 Å². The standard InChI is InChI=1S/C57H38N2S.C2H6/c1-57(2)48-15-7-3-11-41(48)42-29-23-38(34-49(42)57)36-21-27-40(28-22-36)58(39-25-19-35(20-26-39)37-24-32-54-47(33-37)44-13-6-10-18-53(44)60-54)52-31-30-45-43-12-4-8-16-50(43)59-51-17-9-5-14-46(51)55(52)56(45)59;1-2/h3-34H,1-2H3;1-2H3. The van der Waals surface area contributed by atoms with Gasteiger partial charge in [-0.05, 0) is 111 Å². The zero-order valence-electron chi connectivity index (χ0n) is 35.3. The summed E-state index contributed by atoms with van der Waals surface area (Å²) in [4.78, 5) is 2.46. The van der Waals surface area contributed by atoms with Gasteiger partial charge in [-0.1, -0.05) is 155 Å². The van der Waals surface area contributed by atoms with Gasteiger partial charge in [-0.2, -0.15) is 0 Å². The number of anilines is 3. The van der Waals surface area contributed by atoms with Gasteiger partial charge in [0, 0.05) is 58.5 Å². The second-order valence-corrected chi connectivity index (χ2v) is 18.0. The van der Waals surface area contributed by atoms with E-state index in [1.165, 1.54) is 108 Å². The Hall–Kier alpha value is -7.20. The Labute approximate surface area is 365 Å². The summed E-state index contributed by atoms with van der Waals surface area (Å²) in [6, 6.07) is 72.4. The molecular weight excluding hydrogens is 769 g/mol. The fourth-order valence-corrected chi connectivity index (χ4v) is 11.5. The van der Waals surface area contributed by atoms with Gasteiger partial charge in [-0.15, -0.1) is 11.3 Å². The number of aromatic nitrogens is 1. The number of thiophene rings is 1. The van der Waals surface area contributed by atoms with Crippen molar-refractivity contribution in [3.8, 4) is 33.4 Å². The monoisotopic (exact) mass is 812 g/mol. The predicted octanol–water partition coefficient (Wildman–Crippen LogP) is 17.3. The van der Waals surface area contributed by atoms with Crippen LogP contribution in [-0.4, -0.2) is 4.40 Å². The van der Waals surface area contributed by atoms with Crippen LogP contribution in [0.5, 0.6) is 0 Å². The summed E-state index contributed by atoms with van der Waals surface area (Å²) in [6.07, 6.45) is 0. The normalized spacial score (nSPS) is 13.0. The quantitative estimate of drug-likeness (QED) is 0.168. The summed E-state index contributed by atoms with van der Waals surface area (Å²) in [5.41, 5.74) is 17.5. The number of para-hydroxylation sites is 2. The summed E-state index contributed by atoms with van der Waals surface area (Å²) < 4.78 is 5.13.